The lowest BCUT2D eigenvalue weighted by molar-refractivity contribution is 0.144. The van der Waals surface area contributed by atoms with Gasteiger partial charge in [0.15, 0.2) is 5.96 Å². The van der Waals surface area contributed by atoms with Crippen molar-refractivity contribution in [3.05, 3.63) is 29.3 Å². The van der Waals surface area contributed by atoms with Gasteiger partial charge in [-0.3, -0.25) is 4.99 Å². The molecule has 0 bridgehead atoms. The van der Waals surface area contributed by atoms with E-state index in [1.54, 1.807) is 11.8 Å². The lowest BCUT2D eigenvalue weighted by Gasteiger charge is -2.11. The van der Waals surface area contributed by atoms with Gasteiger partial charge in [0.25, 0.3) is 0 Å². The summed E-state index contributed by atoms with van der Waals surface area (Å²) < 4.78 is 5.33. The molecule has 0 aromatic heterocycles. The number of ether oxygens (including phenoxy) is 1. The topological polar surface area (TPSA) is 45.7 Å². The molecule has 0 aliphatic heterocycles. The maximum atomic E-state index is 5.88. The van der Waals surface area contributed by atoms with Crippen LogP contribution in [0.25, 0.3) is 0 Å². The number of aliphatic imine (C=N–C) groups is 1. The number of guanidine groups is 1. The first kappa shape index (κ1) is 23.8. The SMILES string of the molecule is CCNC(=NCCCCOCC)NCCSc1ccc(Cl)cc1.I. The average Bonchev–Trinajstić information content (AvgIpc) is 2.56. The summed E-state index contributed by atoms with van der Waals surface area (Å²) in [6.07, 6.45) is 2.11. The molecule has 4 nitrogen and oxygen atoms in total. The summed E-state index contributed by atoms with van der Waals surface area (Å²) in [5.41, 5.74) is 0. The molecular formula is C17H29ClIN3OS. The van der Waals surface area contributed by atoms with Crippen LogP contribution in [-0.4, -0.2) is 44.6 Å². The van der Waals surface area contributed by atoms with Gasteiger partial charge in [-0.05, 0) is 51.0 Å². The van der Waals surface area contributed by atoms with Crippen LogP contribution in [0, 0.1) is 0 Å². The molecule has 0 saturated heterocycles. The van der Waals surface area contributed by atoms with Crippen molar-refractivity contribution in [2.75, 3.05) is 38.6 Å². The molecule has 0 radical (unpaired) electrons. The summed E-state index contributed by atoms with van der Waals surface area (Å²) in [5.74, 6) is 1.87. The first-order chi connectivity index (χ1) is 11.3. The van der Waals surface area contributed by atoms with Gasteiger partial charge in [0, 0.05) is 48.5 Å². The number of halogens is 2. The Morgan fingerprint density at radius 1 is 1.17 bits per heavy atom. The van der Waals surface area contributed by atoms with Crippen LogP contribution in [0.4, 0.5) is 0 Å². The molecule has 2 N–H and O–H groups in total. The Balaban J connectivity index is 0.00000529. The van der Waals surface area contributed by atoms with Crippen LogP contribution in [0.3, 0.4) is 0 Å². The Kier molecular flexibility index (Phi) is 16.2. The van der Waals surface area contributed by atoms with Crippen LogP contribution in [0.15, 0.2) is 34.2 Å². The van der Waals surface area contributed by atoms with Gasteiger partial charge in [-0.15, -0.1) is 35.7 Å². The van der Waals surface area contributed by atoms with Gasteiger partial charge in [-0.1, -0.05) is 11.6 Å². The number of hydrogen-bond acceptors (Lipinski definition) is 3. The summed E-state index contributed by atoms with van der Waals surface area (Å²) in [4.78, 5) is 5.81. The number of benzene rings is 1. The number of nitrogens with zero attached hydrogens (tertiary/aromatic N) is 1. The number of nitrogens with one attached hydrogen (secondary N) is 2. The lowest BCUT2D eigenvalue weighted by atomic mass is 10.3. The van der Waals surface area contributed by atoms with Crippen LogP contribution in [0.1, 0.15) is 26.7 Å². The molecule has 0 fully saturated rings. The molecule has 0 spiro atoms. The normalized spacial score (nSPS) is 11.0. The highest BCUT2D eigenvalue weighted by molar-refractivity contribution is 14.0. The van der Waals surface area contributed by atoms with Gasteiger partial charge in [0.2, 0.25) is 0 Å². The van der Waals surface area contributed by atoms with E-state index in [2.05, 4.69) is 22.5 Å². The Labute approximate surface area is 172 Å². The van der Waals surface area contributed by atoms with E-state index >= 15 is 0 Å². The van der Waals surface area contributed by atoms with E-state index in [0.717, 1.165) is 62.4 Å². The molecule has 1 rings (SSSR count). The van der Waals surface area contributed by atoms with Gasteiger partial charge in [0.1, 0.15) is 0 Å². The van der Waals surface area contributed by atoms with E-state index in [0.29, 0.717) is 0 Å². The molecule has 0 unspecified atom stereocenters. The first-order valence-electron chi connectivity index (χ1n) is 8.24. The molecule has 1 aromatic carbocycles. The Morgan fingerprint density at radius 2 is 1.92 bits per heavy atom. The van der Waals surface area contributed by atoms with Crippen molar-refractivity contribution >= 4 is 53.3 Å². The van der Waals surface area contributed by atoms with Gasteiger partial charge in [-0.25, -0.2) is 0 Å². The molecule has 0 saturated carbocycles. The Morgan fingerprint density at radius 3 is 2.58 bits per heavy atom. The second-order valence-corrected chi connectivity index (χ2v) is 6.50. The third-order valence-corrected chi connectivity index (χ3v) is 4.26. The maximum Gasteiger partial charge on any atom is 0.191 e. The van der Waals surface area contributed by atoms with Crippen LogP contribution < -0.4 is 10.6 Å². The first-order valence-corrected chi connectivity index (χ1v) is 9.61. The number of rotatable bonds is 11. The predicted molar refractivity (Wildman–Crippen MR) is 117 cm³/mol. The monoisotopic (exact) mass is 485 g/mol. The quantitative estimate of drug-likeness (QED) is 0.160. The van der Waals surface area contributed by atoms with Crippen LogP contribution in [0.5, 0.6) is 0 Å². The highest BCUT2D eigenvalue weighted by Gasteiger charge is 1.98. The van der Waals surface area contributed by atoms with E-state index in [1.807, 2.05) is 31.2 Å². The van der Waals surface area contributed by atoms with Crippen molar-refractivity contribution in [1.29, 1.82) is 0 Å². The molecule has 138 valence electrons. The zero-order valence-electron chi connectivity index (χ0n) is 14.5. The van der Waals surface area contributed by atoms with Crippen molar-refractivity contribution in [3.8, 4) is 0 Å². The van der Waals surface area contributed by atoms with Crippen molar-refractivity contribution in [2.45, 2.75) is 31.6 Å². The van der Waals surface area contributed by atoms with Gasteiger partial charge in [0.05, 0.1) is 0 Å². The molecule has 7 heteroatoms. The summed E-state index contributed by atoms with van der Waals surface area (Å²) in [5, 5.41) is 7.41. The molecule has 0 heterocycles. The van der Waals surface area contributed by atoms with Crippen molar-refractivity contribution in [2.24, 2.45) is 4.99 Å². The summed E-state index contributed by atoms with van der Waals surface area (Å²) >= 11 is 7.69. The molecule has 24 heavy (non-hydrogen) atoms. The third-order valence-electron chi connectivity index (χ3n) is 2.99. The fourth-order valence-electron chi connectivity index (χ4n) is 1.86. The highest BCUT2D eigenvalue weighted by Crippen LogP contribution is 2.19. The second-order valence-electron chi connectivity index (χ2n) is 4.89. The van der Waals surface area contributed by atoms with E-state index in [-0.39, 0.29) is 24.0 Å². The summed E-state index contributed by atoms with van der Waals surface area (Å²) in [6.45, 7) is 8.29. The minimum absolute atomic E-state index is 0. The zero-order chi connectivity index (χ0) is 16.8. The standard InChI is InChI=1S/C17H28ClN3OS.HI/c1-3-19-17(20-11-5-6-13-22-4-2)21-12-14-23-16-9-7-15(18)8-10-16;/h7-10H,3-6,11-14H2,1-2H3,(H2,19,20,21);1H. The number of hydrogen-bond donors (Lipinski definition) is 2. The number of unbranched alkanes of at least 4 members (excludes halogenated alkanes) is 1. The van der Waals surface area contributed by atoms with Crippen molar-refractivity contribution in [1.82, 2.24) is 10.6 Å². The lowest BCUT2D eigenvalue weighted by Crippen LogP contribution is -2.38. The van der Waals surface area contributed by atoms with Gasteiger partial charge in [-0.2, -0.15) is 0 Å². The minimum atomic E-state index is 0. The zero-order valence-corrected chi connectivity index (χ0v) is 18.4. The molecule has 0 aliphatic carbocycles. The Bertz CT molecular complexity index is 446. The van der Waals surface area contributed by atoms with Crippen molar-refractivity contribution in [3.63, 3.8) is 0 Å². The average molecular weight is 486 g/mol. The maximum absolute atomic E-state index is 5.88. The second kappa shape index (κ2) is 16.3. The smallest absolute Gasteiger partial charge is 0.191 e. The molecule has 0 amide bonds. The molecule has 0 atom stereocenters. The Hall–Kier alpha value is -0.180. The molecular weight excluding hydrogens is 457 g/mol. The van der Waals surface area contributed by atoms with Gasteiger partial charge < -0.3 is 15.4 Å². The van der Waals surface area contributed by atoms with Crippen LogP contribution in [0.2, 0.25) is 5.02 Å². The van der Waals surface area contributed by atoms with E-state index < -0.39 is 0 Å². The van der Waals surface area contributed by atoms with E-state index in [4.69, 9.17) is 16.3 Å². The van der Waals surface area contributed by atoms with E-state index in [1.165, 1.54) is 4.90 Å². The molecule has 0 aliphatic rings. The minimum Gasteiger partial charge on any atom is -0.382 e. The fourth-order valence-corrected chi connectivity index (χ4v) is 2.76. The number of thioether (sulfide) groups is 1. The predicted octanol–water partition coefficient (Wildman–Crippen LogP) is 4.42. The van der Waals surface area contributed by atoms with Crippen LogP contribution >= 0.6 is 47.3 Å². The fraction of sp³-hybridized carbons (Fsp3) is 0.588. The largest absolute Gasteiger partial charge is 0.382 e. The summed E-state index contributed by atoms with van der Waals surface area (Å²) in [6, 6.07) is 7.94. The third kappa shape index (κ3) is 12.2. The van der Waals surface area contributed by atoms with Crippen molar-refractivity contribution < 1.29 is 4.74 Å². The van der Waals surface area contributed by atoms with Gasteiger partial charge >= 0.3 is 0 Å². The highest BCUT2D eigenvalue weighted by atomic mass is 127. The van der Waals surface area contributed by atoms with E-state index in [9.17, 15) is 0 Å². The van der Waals surface area contributed by atoms with Crippen LogP contribution in [-0.2, 0) is 4.74 Å². The molecule has 1 aromatic rings. The summed E-state index contributed by atoms with van der Waals surface area (Å²) in [7, 11) is 0.